The Kier molecular flexibility index (Phi) is 26.1. The van der Waals surface area contributed by atoms with Crippen LogP contribution in [0.15, 0.2) is 33.7 Å². The molecule has 0 radical (unpaired) electrons. The summed E-state index contributed by atoms with van der Waals surface area (Å²) >= 11 is 3.40. The highest BCUT2D eigenvalue weighted by atomic mass is 35.5. The summed E-state index contributed by atoms with van der Waals surface area (Å²) in [6.07, 6.45) is 6.61. The van der Waals surface area contributed by atoms with Gasteiger partial charge in [0.05, 0.1) is 21.1 Å². The van der Waals surface area contributed by atoms with Crippen molar-refractivity contribution in [2.24, 2.45) is 5.73 Å². The number of carboxylic acid groups (broad SMARTS) is 1. The monoisotopic (exact) mass is 1110 g/mol. The fraction of sp³-hybridized carbons (Fsp3) is 0.630. The summed E-state index contributed by atoms with van der Waals surface area (Å²) < 4.78 is 11.1. The molecule has 1 aliphatic carbocycles. The van der Waals surface area contributed by atoms with Gasteiger partial charge < -0.3 is 60.0 Å². The van der Waals surface area contributed by atoms with Crippen molar-refractivity contribution in [1.82, 2.24) is 20.1 Å². The van der Waals surface area contributed by atoms with Gasteiger partial charge in [-0.25, -0.2) is 4.79 Å². The number of halogens is 2. The Hall–Kier alpha value is -3.98. The van der Waals surface area contributed by atoms with E-state index in [0.717, 1.165) is 177 Å². The van der Waals surface area contributed by atoms with Crippen molar-refractivity contribution < 1.29 is 29.0 Å². The molecule has 1 amide bonds. The van der Waals surface area contributed by atoms with Crippen molar-refractivity contribution in [2.45, 2.75) is 114 Å². The number of aromatic amines is 1. The van der Waals surface area contributed by atoms with Gasteiger partial charge in [0.2, 0.25) is 0 Å². The maximum Gasteiger partial charge on any atom is 0.339 e. The summed E-state index contributed by atoms with van der Waals surface area (Å²) in [6.45, 7) is 29.1. The van der Waals surface area contributed by atoms with Crippen LogP contribution in [0.5, 0.6) is 0 Å². The number of thiophene rings is 2. The van der Waals surface area contributed by atoms with Gasteiger partial charge in [-0.3, -0.25) is 14.4 Å². The van der Waals surface area contributed by atoms with Crippen molar-refractivity contribution >= 4 is 85.2 Å². The molecule has 4 saturated heterocycles. The third-order valence-electron chi connectivity index (χ3n) is 14.5. The summed E-state index contributed by atoms with van der Waals surface area (Å²) in [5.41, 5.74) is 13.8. The van der Waals surface area contributed by atoms with Crippen LogP contribution in [0.2, 0.25) is 0 Å². The highest BCUT2D eigenvalue weighted by molar-refractivity contribution is 7.21. The third kappa shape index (κ3) is 15.8. The number of amides is 1. The van der Waals surface area contributed by atoms with Crippen molar-refractivity contribution in [3.8, 4) is 0 Å². The van der Waals surface area contributed by atoms with E-state index in [0.29, 0.717) is 36.2 Å². The molecule has 7 heterocycles. The largest absolute Gasteiger partial charge is 0.478 e. The third-order valence-corrected chi connectivity index (χ3v) is 17.3. The van der Waals surface area contributed by atoms with Gasteiger partial charge in [0, 0.05) is 146 Å². The number of ether oxygens (including phenoxy) is 2. The molecule has 16 nitrogen and oxygen atoms in total. The minimum atomic E-state index is -0.808. The maximum atomic E-state index is 13.7. The molecule has 4 fully saturated rings. The Labute approximate surface area is 461 Å². The van der Waals surface area contributed by atoms with Crippen molar-refractivity contribution in [2.75, 3.05) is 132 Å². The highest BCUT2D eigenvalue weighted by Gasteiger charge is 2.33. The first-order valence-corrected chi connectivity index (χ1v) is 27.2. The van der Waals surface area contributed by atoms with Gasteiger partial charge in [0.15, 0.2) is 5.78 Å². The molecule has 74 heavy (non-hydrogen) atoms. The van der Waals surface area contributed by atoms with Crippen molar-refractivity contribution in [3.63, 3.8) is 0 Å². The number of carbonyl (C=O) groups excluding carboxylic acids is 2. The summed E-state index contributed by atoms with van der Waals surface area (Å²) in [6, 6.07) is 2.81. The Morgan fingerprint density at radius 1 is 0.757 bits per heavy atom. The number of rotatable bonds is 13. The number of hydrogen-bond acceptors (Lipinski definition) is 15. The van der Waals surface area contributed by atoms with Crippen LogP contribution in [0.4, 0.5) is 20.0 Å². The Bertz CT molecular complexity index is 2450. The number of piperazine rings is 2. The van der Waals surface area contributed by atoms with Gasteiger partial charge in [0.25, 0.3) is 11.5 Å². The molecule has 5 N–H and O–H groups in total. The van der Waals surface area contributed by atoms with E-state index < -0.39 is 5.97 Å². The van der Waals surface area contributed by atoms with Crippen LogP contribution in [0.1, 0.15) is 116 Å². The van der Waals surface area contributed by atoms with Crippen molar-refractivity contribution in [3.05, 3.63) is 78.3 Å². The number of carboxylic acids is 1. The molecular weight excluding hydrogens is 1020 g/mol. The first-order chi connectivity index (χ1) is 34.0. The van der Waals surface area contributed by atoms with Crippen LogP contribution in [0, 0.1) is 27.7 Å². The predicted octanol–water partition coefficient (Wildman–Crippen LogP) is 8.22. The molecule has 3 aromatic rings. The number of H-pyrrole nitrogens is 1. The number of allylic oxidation sites excluding steroid dienone is 3. The van der Waals surface area contributed by atoms with Crippen LogP contribution in [0.25, 0.3) is 0 Å². The van der Waals surface area contributed by atoms with Crippen LogP contribution < -0.4 is 36.2 Å². The van der Waals surface area contributed by atoms with E-state index >= 15 is 0 Å². The lowest BCUT2D eigenvalue weighted by Crippen LogP contribution is -2.44. The van der Waals surface area contributed by atoms with E-state index in [9.17, 15) is 24.3 Å². The minimum Gasteiger partial charge on any atom is -0.478 e. The average Bonchev–Trinajstić information content (AvgIpc) is 3.86. The number of aromatic nitrogens is 1. The van der Waals surface area contributed by atoms with E-state index in [2.05, 4.69) is 74.6 Å². The molecule has 416 valence electrons. The number of pyridine rings is 1. The summed E-state index contributed by atoms with van der Waals surface area (Å²) in [4.78, 5) is 66.3. The fourth-order valence-electron chi connectivity index (χ4n) is 10.4. The van der Waals surface area contributed by atoms with Crippen LogP contribution in [0.3, 0.4) is 0 Å². The molecule has 8 rings (SSSR count). The summed E-state index contributed by atoms with van der Waals surface area (Å²) in [5.74, 6) is -0.733. The minimum absolute atomic E-state index is 0. The number of likely N-dealkylation sites (N-methyl/N-ethyl adjacent to an activating group) is 2. The number of ketones is 1. The number of hydrogen-bond donors (Lipinski definition) is 4. The van der Waals surface area contributed by atoms with Crippen LogP contribution >= 0.6 is 47.5 Å². The second-order valence-electron chi connectivity index (χ2n) is 19.7. The summed E-state index contributed by atoms with van der Waals surface area (Å²) in [5, 5.41) is 17.2. The first-order valence-electron chi connectivity index (χ1n) is 25.6. The standard InChI is InChI=1S/C26H39N5O3S.C18H29N3O3S.C9H13NO.CH4.2ClH/c1-6-31(20-7-13-34-14-8-20)25-19(4)22(26(35-25)30-11-9-29(5)10-12-30)24(33)27-16-21-17(2)15-18(3)28-23(21)32;1-4-21(14-5-11-24-12-6-14)16-13(2)15(18(22)23)17(25-16)20-9-7-19(3)8-10-20;1-6-3-7(2)8(5-10)9(11)4-6;;;/h15,20H,6-14,16H2,1-5H3,(H,27,33)(H,28,32);14H,4-12H2,1-3H3,(H,22,23);3H,4-5,10H2,1-2H3;1H4;2*1H. The maximum absolute atomic E-state index is 13.7. The van der Waals surface area contributed by atoms with Crippen molar-refractivity contribution in [1.29, 1.82) is 0 Å². The Morgan fingerprint density at radius 3 is 1.61 bits per heavy atom. The zero-order valence-corrected chi connectivity index (χ0v) is 48.2. The molecule has 0 saturated carbocycles. The average molecular weight is 1110 g/mol. The molecule has 4 aliphatic heterocycles. The number of anilines is 4. The van der Waals surface area contributed by atoms with Crippen LogP contribution in [-0.2, 0) is 20.8 Å². The number of aromatic carboxylic acids is 1. The van der Waals surface area contributed by atoms with Gasteiger partial charge in [-0.1, -0.05) is 41.7 Å². The lowest BCUT2D eigenvalue weighted by atomic mass is 9.93. The number of carbonyl (C=O) groups is 3. The smallest absolute Gasteiger partial charge is 0.339 e. The number of nitrogens with one attached hydrogen (secondary N) is 2. The van der Waals surface area contributed by atoms with E-state index in [1.54, 1.807) is 22.7 Å². The topological polar surface area (TPSA) is 180 Å². The highest BCUT2D eigenvalue weighted by Crippen LogP contribution is 2.45. The van der Waals surface area contributed by atoms with Gasteiger partial charge in [-0.2, -0.15) is 0 Å². The molecule has 0 atom stereocenters. The second kappa shape index (κ2) is 30.1. The number of aryl methyl sites for hydroxylation is 2. The van der Waals surface area contributed by atoms with E-state index in [1.807, 2.05) is 46.8 Å². The van der Waals surface area contributed by atoms with E-state index in [-0.39, 0.29) is 56.0 Å². The molecule has 5 aliphatic rings. The Morgan fingerprint density at radius 2 is 1.20 bits per heavy atom. The van der Waals surface area contributed by atoms with Gasteiger partial charge in [-0.05, 0) is 118 Å². The number of Topliss-reactive ketones (excluding diaryl/α,β-unsaturated/α-hetero) is 1. The normalized spacial score (nSPS) is 17.9. The van der Waals surface area contributed by atoms with Gasteiger partial charge >= 0.3 is 5.97 Å². The Balaban J connectivity index is 0.000000323. The van der Waals surface area contributed by atoms with Gasteiger partial charge in [0.1, 0.15) is 10.0 Å². The SMILES string of the molecule is C.CC1=CC(C)=C(CN)C(=O)C1.CCN(c1sc(N2CCN(C)CC2)c(C(=O)NCc2c(C)cc(C)[nH]c2=O)c1C)C1CCOCC1.CCN(c1sc(N2CCN(C)CC2)c(C(=O)O)c1C)C1CCOCC1.Cl.Cl. The molecule has 3 aromatic heterocycles. The van der Waals surface area contributed by atoms with Gasteiger partial charge in [-0.15, -0.1) is 24.8 Å². The number of nitrogens with two attached hydrogens (primary N) is 1. The molecular formula is C54H87Cl2N9O7S2. The first kappa shape index (κ1) is 64.3. The van der Waals surface area contributed by atoms with E-state index in [4.69, 9.17) is 15.2 Å². The molecule has 0 aromatic carbocycles. The lowest BCUT2D eigenvalue weighted by molar-refractivity contribution is -0.115. The lowest BCUT2D eigenvalue weighted by Gasteiger charge is -2.35. The quantitative estimate of drug-likeness (QED) is 0.129. The molecule has 0 bridgehead atoms. The zero-order chi connectivity index (χ0) is 51.5. The predicted molar refractivity (Wildman–Crippen MR) is 312 cm³/mol. The molecule has 20 heteroatoms. The molecule has 0 unspecified atom stereocenters. The number of nitrogens with zero attached hydrogens (tertiary/aromatic N) is 6. The van der Waals surface area contributed by atoms with Crippen LogP contribution in [-0.4, -0.2) is 162 Å². The second-order valence-corrected chi connectivity index (χ2v) is 21.6. The fourth-order valence-corrected chi connectivity index (χ4v) is 13.3. The molecule has 0 spiro atoms. The van der Waals surface area contributed by atoms with E-state index in [1.165, 1.54) is 5.00 Å². The summed E-state index contributed by atoms with van der Waals surface area (Å²) in [7, 11) is 4.26. The zero-order valence-electron chi connectivity index (χ0n) is 44.9.